The Hall–Kier alpha value is -0.570. The number of hydrogen-bond donors (Lipinski definition) is 0. The summed E-state index contributed by atoms with van der Waals surface area (Å²) < 4.78 is 4.90. The normalized spacial score (nSPS) is 22.7. The largest absolute Gasteiger partial charge is 0.466 e. The molecule has 0 amide bonds. The molecule has 88 valence electrons. The third kappa shape index (κ3) is 4.65. The van der Waals surface area contributed by atoms with Crippen LogP contribution in [0.25, 0.3) is 0 Å². The minimum Gasteiger partial charge on any atom is -0.466 e. The number of nitrogens with zero attached hydrogens (tertiary/aromatic N) is 1. The first-order chi connectivity index (χ1) is 7.24. The molecule has 0 N–H and O–H groups in total. The fourth-order valence-corrected chi connectivity index (χ4v) is 2.15. The molecule has 1 unspecified atom stereocenters. The van der Waals surface area contributed by atoms with E-state index in [1.165, 1.54) is 25.8 Å². The maximum Gasteiger partial charge on any atom is 0.305 e. The van der Waals surface area contributed by atoms with Gasteiger partial charge in [-0.3, -0.25) is 4.79 Å². The predicted molar refractivity (Wildman–Crippen MR) is 60.8 cm³/mol. The van der Waals surface area contributed by atoms with Crippen molar-refractivity contribution in [1.29, 1.82) is 0 Å². The third-order valence-corrected chi connectivity index (χ3v) is 3.07. The summed E-state index contributed by atoms with van der Waals surface area (Å²) in [5, 5.41) is 0. The molecular formula is C12H23NO2. The number of likely N-dealkylation sites (tertiary alicyclic amines) is 1. The van der Waals surface area contributed by atoms with Crippen molar-refractivity contribution < 1.29 is 9.53 Å². The lowest BCUT2D eigenvalue weighted by Gasteiger charge is -2.33. The van der Waals surface area contributed by atoms with Crippen LogP contribution in [0.2, 0.25) is 0 Å². The average molecular weight is 213 g/mol. The molecule has 1 fully saturated rings. The number of carbonyl (C=O) groups excluding carboxylic acids is 1. The molecule has 0 aromatic heterocycles. The van der Waals surface area contributed by atoms with E-state index >= 15 is 0 Å². The maximum absolute atomic E-state index is 11.1. The molecule has 1 aliphatic heterocycles. The summed E-state index contributed by atoms with van der Waals surface area (Å²) in [7, 11) is 0. The van der Waals surface area contributed by atoms with E-state index in [0.717, 1.165) is 13.0 Å². The number of ether oxygens (including phenoxy) is 1. The van der Waals surface area contributed by atoms with Gasteiger partial charge in [0.15, 0.2) is 0 Å². The molecule has 1 saturated heterocycles. The number of carbonyl (C=O) groups is 1. The van der Waals surface area contributed by atoms with Gasteiger partial charge in [-0.2, -0.15) is 0 Å². The molecule has 3 heteroatoms. The van der Waals surface area contributed by atoms with Crippen LogP contribution in [0.4, 0.5) is 0 Å². The second-order valence-electron chi connectivity index (χ2n) is 4.29. The molecule has 1 aliphatic rings. The van der Waals surface area contributed by atoms with Crippen molar-refractivity contribution in [2.75, 3.05) is 19.7 Å². The van der Waals surface area contributed by atoms with E-state index in [0.29, 0.717) is 19.1 Å². The highest BCUT2D eigenvalue weighted by Gasteiger charge is 2.17. The lowest BCUT2D eigenvalue weighted by Crippen LogP contribution is -2.38. The van der Waals surface area contributed by atoms with E-state index in [-0.39, 0.29) is 5.97 Å². The smallest absolute Gasteiger partial charge is 0.305 e. The van der Waals surface area contributed by atoms with Crippen LogP contribution in [0.3, 0.4) is 0 Å². The van der Waals surface area contributed by atoms with Gasteiger partial charge in [-0.25, -0.2) is 0 Å². The van der Waals surface area contributed by atoms with E-state index in [2.05, 4.69) is 11.8 Å². The number of piperidine rings is 1. The summed E-state index contributed by atoms with van der Waals surface area (Å²) >= 11 is 0. The Bertz CT molecular complexity index is 194. The Balaban J connectivity index is 2.10. The summed E-state index contributed by atoms with van der Waals surface area (Å²) in [4.78, 5) is 13.6. The van der Waals surface area contributed by atoms with Gasteiger partial charge < -0.3 is 9.64 Å². The van der Waals surface area contributed by atoms with E-state index in [4.69, 9.17) is 4.74 Å². The molecule has 1 atom stereocenters. The Morgan fingerprint density at radius 1 is 1.47 bits per heavy atom. The van der Waals surface area contributed by atoms with Crippen LogP contribution in [0.15, 0.2) is 0 Å². The highest BCUT2D eigenvalue weighted by atomic mass is 16.5. The van der Waals surface area contributed by atoms with Crippen LogP contribution in [0, 0.1) is 0 Å². The third-order valence-electron chi connectivity index (χ3n) is 3.07. The predicted octanol–water partition coefficient (Wildman–Crippen LogP) is 2.20. The van der Waals surface area contributed by atoms with Gasteiger partial charge >= 0.3 is 5.97 Å². The van der Waals surface area contributed by atoms with Crippen LogP contribution < -0.4 is 0 Å². The van der Waals surface area contributed by atoms with E-state index in [1.807, 2.05) is 6.92 Å². The van der Waals surface area contributed by atoms with Gasteiger partial charge in [-0.05, 0) is 46.2 Å². The highest BCUT2D eigenvalue weighted by Crippen LogP contribution is 2.16. The molecule has 3 nitrogen and oxygen atoms in total. The molecule has 0 aromatic carbocycles. The van der Waals surface area contributed by atoms with Gasteiger partial charge in [0.1, 0.15) is 0 Å². The van der Waals surface area contributed by atoms with E-state index in [9.17, 15) is 4.79 Å². The Morgan fingerprint density at radius 3 is 2.93 bits per heavy atom. The zero-order valence-electron chi connectivity index (χ0n) is 10.00. The molecule has 0 aliphatic carbocycles. The fourth-order valence-electron chi connectivity index (χ4n) is 2.15. The summed E-state index contributed by atoms with van der Waals surface area (Å²) in [6.45, 7) is 6.87. The van der Waals surface area contributed by atoms with Gasteiger partial charge in [-0.15, -0.1) is 0 Å². The van der Waals surface area contributed by atoms with Crippen LogP contribution >= 0.6 is 0 Å². The Kier molecular flexibility index (Phi) is 5.69. The quantitative estimate of drug-likeness (QED) is 0.656. The molecule has 0 bridgehead atoms. The first-order valence-electron chi connectivity index (χ1n) is 6.13. The molecule has 0 aromatic rings. The van der Waals surface area contributed by atoms with Crippen molar-refractivity contribution >= 4 is 5.97 Å². The second kappa shape index (κ2) is 6.83. The van der Waals surface area contributed by atoms with Gasteiger partial charge in [0.25, 0.3) is 0 Å². The van der Waals surface area contributed by atoms with Crippen LogP contribution in [-0.2, 0) is 9.53 Å². The van der Waals surface area contributed by atoms with Crippen molar-refractivity contribution in [3.63, 3.8) is 0 Å². The van der Waals surface area contributed by atoms with Crippen LogP contribution in [0.1, 0.15) is 46.0 Å². The summed E-state index contributed by atoms with van der Waals surface area (Å²) in [6.07, 6.45) is 5.47. The molecule has 15 heavy (non-hydrogen) atoms. The lowest BCUT2D eigenvalue weighted by atomic mass is 10.0. The molecule has 1 rings (SSSR count). The Labute approximate surface area is 92.8 Å². The zero-order valence-corrected chi connectivity index (χ0v) is 10.00. The first kappa shape index (κ1) is 12.5. The average Bonchev–Trinajstić information content (AvgIpc) is 2.21. The SMILES string of the molecule is CCOC(=O)CCCN1CCCCC1C. The fraction of sp³-hybridized carbons (Fsp3) is 0.917. The van der Waals surface area contributed by atoms with Gasteiger partial charge in [0.2, 0.25) is 0 Å². The minimum atomic E-state index is -0.0536. The summed E-state index contributed by atoms with van der Waals surface area (Å²) in [5.74, 6) is -0.0536. The van der Waals surface area contributed by atoms with Crippen LogP contribution in [-0.4, -0.2) is 36.6 Å². The molecule has 0 radical (unpaired) electrons. The second-order valence-corrected chi connectivity index (χ2v) is 4.29. The minimum absolute atomic E-state index is 0.0536. The van der Waals surface area contributed by atoms with E-state index < -0.39 is 0 Å². The molecule has 0 saturated carbocycles. The molecule has 0 spiro atoms. The lowest BCUT2D eigenvalue weighted by molar-refractivity contribution is -0.143. The van der Waals surface area contributed by atoms with Crippen LogP contribution in [0.5, 0.6) is 0 Å². The molecular weight excluding hydrogens is 190 g/mol. The molecule has 1 heterocycles. The zero-order chi connectivity index (χ0) is 11.1. The van der Waals surface area contributed by atoms with Gasteiger partial charge in [0, 0.05) is 12.5 Å². The van der Waals surface area contributed by atoms with Gasteiger partial charge in [0.05, 0.1) is 6.61 Å². The number of rotatable bonds is 5. The van der Waals surface area contributed by atoms with Crippen molar-refractivity contribution in [3.05, 3.63) is 0 Å². The van der Waals surface area contributed by atoms with Crippen molar-refractivity contribution in [2.24, 2.45) is 0 Å². The first-order valence-corrected chi connectivity index (χ1v) is 6.13. The van der Waals surface area contributed by atoms with Gasteiger partial charge in [-0.1, -0.05) is 6.42 Å². The van der Waals surface area contributed by atoms with E-state index in [1.54, 1.807) is 0 Å². The summed E-state index contributed by atoms with van der Waals surface area (Å²) in [6, 6.07) is 0.695. The standard InChI is InChI=1S/C12H23NO2/c1-3-15-12(14)8-6-10-13-9-5-4-7-11(13)2/h11H,3-10H2,1-2H3. The summed E-state index contributed by atoms with van der Waals surface area (Å²) in [5.41, 5.74) is 0. The van der Waals surface area contributed by atoms with Crippen molar-refractivity contribution in [1.82, 2.24) is 4.90 Å². The number of hydrogen-bond acceptors (Lipinski definition) is 3. The highest BCUT2D eigenvalue weighted by molar-refractivity contribution is 5.69. The Morgan fingerprint density at radius 2 is 2.27 bits per heavy atom. The van der Waals surface area contributed by atoms with Crippen molar-refractivity contribution in [2.45, 2.75) is 52.0 Å². The monoisotopic (exact) mass is 213 g/mol. The number of esters is 1. The van der Waals surface area contributed by atoms with Crippen molar-refractivity contribution in [3.8, 4) is 0 Å². The maximum atomic E-state index is 11.1. The topological polar surface area (TPSA) is 29.5 Å².